The van der Waals surface area contributed by atoms with E-state index in [-0.39, 0.29) is 43.5 Å². The van der Waals surface area contributed by atoms with E-state index < -0.39 is 35.4 Å². The van der Waals surface area contributed by atoms with E-state index in [4.69, 9.17) is 4.74 Å². The summed E-state index contributed by atoms with van der Waals surface area (Å²) < 4.78 is 48.1. The Labute approximate surface area is 207 Å². The average molecular weight is 520 g/mol. The molecule has 182 valence electrons. The zero-order valence-corrected chi connectivity index (χ0v) is 20.5. The van der Waals surface area contributed by atoms with Crippen molar-refractivity contribution in [2.24, 2.45) is 0 Å². The van der Waals surface area contributed by atoms with Crippen molar-refractivity contribution in [3.05, 3.63) is 80.3 Å². The van der Waals surface area contributed by atoms with Gasteiger partial charge in [0, 0.05) is 10.9 Å². The molecular weight excluding hydrogens is 499 g/mol. The molecule has 1 amide bonds. The van der Waals surface area contributed by atoms with Crippen LogP contribution >= 0.6 is 23.1 Å². The van der Waals surface area contributed by atoms with Crippen LogP contribution in [0.4, 0.5) is 18.9 Å². The molecule has 1 aliphatic heterocycles. The lowest BCUT2D eigenvalue weighted by Crippen LogP contribution is -2.23. The van der Waals surface area contributed by atoms with Gasteiger partial charge in [-0.1, -0.05) is 36.0 Å². The van der Waals surface area contributed by atoms with Gasteiger partial charge >= 0.3 is 5.97 Å². The summed E-state index contributed by atoms with van der Waals surface area (Å²) in [6.45, 7) is 2.92. The van der Waals surface area contributed by atoms with Crippen LogP contribution in [0.1, 0.15) is 28.4 Å². The minimum atomic E-state index is -1.12. The van der Waals surface area contributed by atoms with Crippen molar-refractivity contribution in [1.82, 2.24) is 0 Å². The molecular formula is C25H20F3NO4S2. The van der Waals surface area contributed by atoms with Crippen LogP contribution in [0.5, 0.6) is 0 Å². The number of halogens is 3. The standard InChI is InChI=1S/C25H20F3NO4S2/c1-11-7-8-14(20(28)19(11)27)22-18(25(32)33-3)17(10-34-22)29-24(31)23-15(12(2)30)9-13-5-4-6-16(26)21(13)35-23/h4-8,10,12,30H,9H2,1-3H3,(H,29,31). The Hall–Kier alpha value is -3.08. The fraction of sp³-hybridized carbons (Fsp3) is 0.200. The quantitative estimate of drug-likeness (QED) is 0.414. The third-order valence-electron chi connectivity index (χ3n) is 5.58. The number of esters is 1. The number of methoxy groups -OCH3 is 1. The number of carbonyl (C=O) groups is 2. The second-order valence-corrected chi connectivity index (χ2v) is 9.79. The Morgan fingerprint density at radius 1 is 1.14 bits per heavy atom. The molecule has 35 heavy (non-hydrogen) atoms. The number of fused-ring (bicyclic) bond motifs is 1. The summed E-state index contributed by atoms with van der Waals surface area (Å²) in [6, 6.07) is 7.30. The summed E-state index contributed by atoms with van der Waals surface area (Å²) in [5.74, 6) is -4.18. The molecule has 0 saturated carbocycles. The Bertz CT molecular complexity index is 1380. The molecule has 2 heterocycles. The van der Waals surface area contributed by atoms with Crippen LogP contribution in [0.3, 0.4) is 0 Å². The van der Waals surface area contributed by atoms with Gasteiger partial charge in [-0.25, -0.2) is 18.0 Å². The predicted molar refractivity (Wildman–Crippen MR) is 129 cm³/mol. The summed E-state index contributed by atoms with van der Waals surface area (Å²) in [5, 5.41) is 14.3. The van der Waals surface area contributed by atoms with Gasteiger partial charge in [0.1, 0.15) is 11.4 Å². The Morgan fingerprint density at radius 2 is 1.89 bits per heavy atom. The third kappa shape index (κ3) is 4.61. The maximum absolute atomic E-state index is 14.7. The number of aliphatic hydroxyl groups excluding tert-OH is 1. The number of carbonyl (C=O) groups excluding carboxylic acids is 2. The first kappa shape index (κ1) is 25.0. The van der Waals surface area contributed by atoms with E-state index in [9.17, 15) is 27.9 Å². The van der Waals surface area contributed by atoms with Crippen LogP contribution in [0.25, 0.3) is 10.4 Å². The highest BCUT2D eigenvalue weighted by Gasteiger charge is 2.30. The van der Waals surface area contributed by atoms with Crippen molar-refractivity contribution < 1.29 is 32.6 Å². The minimum absolute atomic E-state index is 0.0274. The average Bonchev–Trinajstić information content (AvgIpc) is 3.24. The number of hydrogen-bond donors (Lipinski definition) is 2. The molecule has 0 bridgehead atoms. The molecule has 1 unspecified atom stereocenters. The second-order valence-electron chi connectivity index (χ2n) is 7.89. The zero-order valence-electron chi connectivity index (χ0n) is 18.9. The molecule has 10 heteroatoms. The number of benzene rings is 2. The number of thioether (sulfide) groups is 1. The Morgan fingerprint density at radius 3 is 2.57 bits per heavy atom. The fourth-order valence-corrected chi connectivity index (χ4v) is 5.91. The number of aliphatic hydroxyl groups is 1. The zero-order chi connectivity index (χ0) is 25.4. The molecule has 0 spiro atoms. The van der Waals surface area contributed by atoms with Crippen molar-refractivity contribution in [2.75, 3.05) is 12.4 Å². The first-order valence-corrected chi connectivity index (χ1v) is 12.2. The lowest BCUT2D eigenvalue weighted by molar-refractivity contribution is -0.112. The molecule has 0 aliphatic carbocycles. The highest BCUT2D eigenvalue weighted by molar-refractivity contribution is 8.04. The van der Waals surface area contributed by atoms with Crippen LogP contribution < -0.4 is 5.32 Å². The summed E-state index contributed by atoms with van der Waals surface area (Å²) in [6.07, 6.45) is -0.810. The largest absolute Gasteiger partial charge is 0.465 e. The lowest BCUT2D eigenvalue weighted by atomic mass is 9.99. The lowest BCUT2D eigenvalue weighted by Gasteiger charge is -2.24. The maximum atomic E-state index is 14.7. The summed E-state index contributed by atoms with van der Waals surface area (Å²) >= 11 is 1.82. The van der Waals surface area contributed by atoms with Crippen molar-refractivity contribution in [3.63, 3.8) is 0 Å². The molecule has 2 N–H and O–H groups in total. The van der Waals surface area contributed by atoms with Gasteiger partial charge in [0.05, 0.1) is 33.6 Å². The normalized spacial score (nSPS) is 13.9. The topological polar surface area (TPSA) is 75.6 Å². The number of amides is 1. The molecule has 0 saturated heterocycles. The van der Waals surface area contributed by atoms with Crippen molar-refractivity contribution in [2.45, 2.75) is 31.3 Å². The third-order valence-corrected chi connectivity index (χ3v) is 7.91. The second kappa shape index (κ2) is 9.88. The smallest absolute Gasteiger partial charge is 0.341 e. The molecule has 4 rings (SSSR count). The molecule has 0 radical (unpaired) electrons. The molecule has 5 nitrogen and oxygen atoms in total. The van der Waals surface area contributed by atoms with Gasteiger partial charge in [0.2, 0.25) is 0 Å². The van der Waals surface area contributed by atoms with Crippen LogP contribution in [-0.4, -0.2) is 30.2 Å². The van der Waals surface area contributed by atoms with Gasteiger partial charge in [-0.3, -0.25) is 4.79 Å². The summed E-state index contributed by atoms with van der Waals surface area (Å²) in [7, 11) is 1.13. The van der Waals surface area contributed by atoms with E-state index in [1.54, 1.807) is 12.1 Å². The molecule has 3 aromatic rings. The number of thiophene rings is 1. The molecule has 1 aromatic heterocycles. The first-order chi connectivity index (χ1) is 16.6. The van der Waals surface area contributed by atoms with Gasteiger partial charge in [-0.2, -0.15) is 0 Å². The maximum Gasteiger partial charge on any atom is 0.341 e. The van der Waals surface area contributed by atoms with E-state index in [2.05, 4.69) is 5.32 Å². The van der Waals surface area contributed by atoms with E-state index in [1.165, 1.54) is 37.4 Å². The highest BCUT2D eigenvalue weighted by Crippen LogP contribution is 2.43. The van der Waals surface area contributed by atoms with Crippen molar-refractivity contribution >= 4 is 40.7 Å². The Kier molecular flexibility index (Phi) is 7.07. The number of aryl methyl sites for hydroxylation is 1. The summed E-state index contributed by atoms with van der Waals surface area (Å²) in [5.41, 5.74) is 0.889. The van der Waals surface area contributed by atoms with Gasteiger partial charge in [0.25, 0.3) is 5.91 Å². The number of anilines is 1. The summed E-state index contributed by atoms with van der Waals surface area (Å²) in [4.78, 5) is 26.3. The van der Waals surface area contributed by atoms with E-state index in [0.29, 0.717) is 11.1 Å². The van der Waals surface area contributed by atoms with Crippen LogP contribution in [0, 0.1) is 24.4 Å². The molecule has 2 aromatic carbocycles. The number of nitrogens with one attached hydrogen (secondary N) is 1. The van der Waals surface area contributed by atoms with Crippen molar-refractivity contribution in [1.29, 1.82) is 0 Å². The SMILES string of the molecule is COC(=O)c1c(NC(=O)C2=C(C(C)O)Cc3cccc(F)c3S2)csc1-c1ccc(C)c(F)c1F. The van der Waals surface area contributed by atoms with Gasteiger partial charge in [-0.15, -0.1) is 11.3 Å². The monoisotopic (exact) mass is 519 g/mol. The van der Waals surface area contributed by atoms with E-state index in [1.807, 2.05) is 0 Å². The molecule has 1 atom stereocenters. The molecule has 0 fully saturated rings. The van der Waals surface area contributed by atoms with Gasteiger partial charge < -0.3 is 15.2 Å². The highest BCUT2D eigenvalue weighted by atomic mass is 32.2. The van der Waals surface area contributed by atoms with E-state index >= 15 is 0 Å². The first-order valence-electron chi connectivity index (χ1n) is 10.5. The van der Waals surface area contributed by atoms with Gasteiger partial charge in [-0.05, 0) is 43.0 Å². The van der Waals surface area contributed by atoms with Crippen LogP contribution in [0.2, 0.25) is 0 Å². The Balaban J connectivity index is 1.75. The van der Waals surface area contributed by atoms with Crippen molar-refractivity contribution in [3.8, 4) is 10.4 Å². The molecule has 1 aliphatic rings. The number of rotatable bonds is 5. The van der Waals surface area contributed by atoms with E-state index in [0.717, 1.165) is 30.2 Å². The van der Waals surface area contributed by atoms with Gasteiger partial charge in [0.15, 0.2) is 11.6 Å². The predicted octanol–water partition coefficient (Wildman–Crippen LogP) is 5.85. The number of hydrogen-bond acceptors (Lipinski definition) is 6. The number of ether oxygens (including phenoxy) is 1. The minimum Gasteiger partial charge on any atom is -0.465 e. The fourth-order valence-electron chi connectivity index (χ4n) is 3.74. The van der Waals surface area contributed by atoms with Crippen LogP contribution in [-0.2, 0) is 16.0 Å². The van der Waals surface area contributed by atoms with Crippen LogP contribution in [0.15, 0.2) is 51.1 Å².